The topological polar surface area (TPSA) is 38.3 Å². The molecule has 3 fully saturated rings. The average Bonchev–Trinajstić information content (AvgIpc) is 2.90. The Hall–Kier alpha value is -1.51. The molecule has 1 amide bonds. The minimum atomic E-state index is 0.212. The van der Waals surface area contributed by atoms with E-state index in [4.69, 9.17) is 4.74 Å². The van der Waals surface area contributed by atoms with Gasteiger partial charge in [0.05, 0.1) is 12.3 Å². The van der Waals surface area contributed by atoms with Crippen molar-refractivity contribution in [3.8, 4) is 5.75 Å². The highest BCUT2D eigenvalue weighted by atomic mass is 16.5. The molecule has 106 valence electrons. The number of hydrogen-bond donors (Lipinski definition) is 1. The van der Waals surface area contributed by atoms with Gasteiger partial charge in [-0.1, -0.05) is 12.1 Å². The molecule has 4 rings (SSSR count). The fourth-order valence-corrected chi connectivity index (χ4v) is 4.74. The van der Waals surface area contributed by atoms with Gasteiger partial charge < -0.3 is 10.1 Å². The van der Waals surface area contributed by atoms with Gasteiger partial charge in [-0.25, -0.2) is 0 Å². The summed E-state index contributed by atoms with van der Waals surface area (Å²) in [6.07, 6.45) is 4.09. The second kappa shape index (κ2) is 4.51. The van der Waals surface area contributed by atoms with Crippen LogP contribution in [0.2, 0.25) is 0 Å². The van der Waals surface area contributed by atoms with Gasteiger partial charge in [-0.05, 0) is 62.0 Å². The number of hydrogen-bond acceptors (Lipinski definition) is 2. The van der Waals surface area contributed by atoms with Crippen molar-refractivity contribution < 1.29 is 9.53 Å². The first-order valence-electron chi connectivity index (χ1n) is 7.82. The third kappa shape index (κ3) is 1.75. The van der Waals surface area contributed by atoms with E-state index in [-0.39, 0.29) is 11.8 Å². The van der Waals surface area contributed by atoms with Crippen LogP contribution < -0.4 is 10.1 Å². The molecule has 5 atom stereocenters. The predicted molar refractivity (Wildman–Crippen MR) is 77.5 cm³/mol. The molecule has 3 aliphatic carbocycles. The molecule has 1 aromatic carbocycles. The highest BCUT2D eigenvalue weighted by molar-refractivity contribution is 5.96. The van der Waals surface area contributed by atoms with E-state index in [0.29, 0.717) is 18.4 Å². The number of nitrogens with one attached hydrogen (secondary N) is 1. The first kappa shape index (κ1) is 12.2. The Labute approximate surface area is 119 Å². The molecule has 20 heavy (non-hydrogen) atoms. The van der Waals surface area contributed by atoms with Crippen LogP contribution in [0.5, 0.6) is 5.75 Å². The minimum absolute atomic E-state index is 0.212. The maximum absolute atomic E-state index is 12.5. The summed E-state index contributed by atoms with van der Waals surface area (Å²) in [4.78, 5) is 12.5. The van der Waals surface area contributed by atoms with Crippen molar-refractivity contribution in [2.75, 3.05) is 11.9 Å². The van der Waals surface area contributed by atoms with Crippen LogP contribution in [0.25, 0.3) is 0 Å². The van der Waals surface area contributed by atoms with Crippen molar-refractivity contribution in [1.82, 2.24) is 0 Å². The minimum Gasteiger partial charge on any atom is -0.492 e. The molecular weight excluding hydrogens is 250 g/mol. The first-order chi connectivity index (χ1) is 9.79. The number of amides is 1. The number of rotatable bonds is 4. The van der Waals surface area contributed by atoms with Crippen molar-refractivity contribution in [2.45, 2.75) is 26.2 Å². The number of fused-ring (bicyclic) bond motifs is 5. The SMILES string of the molecule is CCOc1ccccc1NC(=O)C1[C@@H]2[C@H]3CC[C@H](C3)[C@H]12. The molecule has 0 saturated heterocycles. The van der Waals surface area contributed by atoms with Crippen LogP contribution in [0.4, 0.5) is 5.69 Å². The lowest BCUT2D eigenvalue weighted by molar-refractivity contribution is -0.118. The highest BCUT2D eigenvalue weighted by Gasteiger charge is 2.67. The van der Waals surface area contributed by atoms with Gasteiger partial charge in [0, 0.05) is 5.92 Å². The molecule has 3 aliphatic rings. The Morgan fingerprint density at radius 1 is 1.25 bits per heavy atom. The van der Waals surface area contributed by atoms with Gasteiger partial charge >= 0.3 is 0 Å². The van der Waals surface area contributed by atoms with E-state index >= 15 is 0 Å². The molecule has 0 spiro atoms. The van der Waals surface area contributed by atoms with Crippen molar-refractivity contribution >= 4 is 11.6 Å². The third-order valence-electron chi connectivity index (χ3n) is 5.48. The van der Waals surface area contributed by atoms with Gasteiger partial charge in [-0.2, -0.15) is 0 Å². The van der Waals surface area contributed by atoms with Gasteiger partial charge in [0.1, 0.15) is 5.75 Å². The Morgan fingerprint density at radius 2 is 1.95 bits per heavy atom. The number of benzene rings is 1. The molecule has 0 aliphatic heterocycles. The van der Waals surface area contributed by atoms with Crippen molar-refractivity contribution in [3.63, 3.8) is 0 Å². The normalized spacial score (nSPS) is 36.5. The van der Waals surface area contributed by atoms with Crippen LogP contribution >= 0.6 is 0 Å². The van der Waals surface area contributed by atoms with Gasteiger partial charge in [0.25, 0.3) is 0 Å². The molecule has 1 aromatic rings. The molecular formula is C17H21NO2. The molecule has 1 unspecified atom stereocenters. The van der Waals surface area contributed by atoms with Crippen LogP contribution in [-0.4, -0.2) is 12.5 Å². The van der Waals surface area contributed by atoms with Gasteiger partial charge in [0.15, 0.2) is 0 Å². The second-order valence-corrected chi connectivity index (χ2v) is 6.43. The number of ether oxygens (including phenoxy) is 1. The molecule has 0 heterocycles. The zero-order valence-corrected chi connectivity index (χ0v) is 11.8. The first-order valence-corrected chi connectivity index (χ1v) is 7.82. The van der Waals surface area contributed by atoms with E-state index in [2.05, 4.69) is 5.32 Å². The summed E-state index contributed by atoms with van der Waals surface area (Å²) in [7, 11) is 0. The zero-order chi connectivity index (χ0) is 13.7. The van der Waals surface area contributed by atoms with E-state index in [0.717, 1.165) is 23.3 Å². The van der Waals surface area contributed by atoms with Crippen LogP contribution in [0, 0.1) is 29.6 Å². The Bertz CT molecular complexity index is 526. The Balaban J connectivity index is 1.47. The number of carbonyl (C=O) groups excluding carboxylic acids is 1. The zero-order valence-electron chi connectivity index (χ0n) is 11.8. The Morgan fingerprint density at radius 3 is 2.65 bits per heavy atom. The molecule has 3 saturated carbocycles. The number of para-hydroxylation sites is 2. The summed E-state index contributed by atoms with van der Waals surface area (Å²) in [6, 6.07) is 7.72. The van der Waals surface area contributed by atoms with Crippen LogP contribution in [-0.2, 0) is 4.79 Å². The van der Waals surface area contributed by atoms with Crippen LogP contribution in [0.1, 0.15) is 26.2 Å². The van der Waals surface area contributed by atoms with Gasteiger partial charge in [-0.3, -0.25) is 4.79 Å². The van der Waals surface area contributed by atoms with E-state index in [1.165, 1.54) is 19.3 Å². The number of carbonyl (C=O) groups is 1. The molecule has 0 aromatic heterocycles. The third-order valence-corrected chi connectivity index (χ3v) is 5.48. The van der Waals surface area contributed by atoms with Gasteiger partial charge in [-0.15, -0.1) is 0 Å². The smallest absolute Gasteiger partial charge is 0.228 e. The Kier molecular flexibility index (Phi) is 2.76. The summed E-state index contributed by atoms with van der Waals surface area (Å²) in [5.41, 5.74) is 0.816. The fourth-order valence-electron chi connectivity index (χ4n) is 4.74. The van der Waals surface area contributed by atoms with Crippen molar-refractivity contribution in [1.29, 1.82) is 0 Å². The fraction of sp³-hybridized carbons (Fsp3) is 0.588. The largest absolute Gasteiger partial charge is 0.492 e. The molecule has 3 nitrogen and oxygen atoms in total. The van der Waals surface area contributed by atoms with Crippen molar-refractivity contribution in [3.05, 3.63) is 24.3 Å². The van der Waals surface area contributed by atoms with Crippen molar-refractivity contribution in [2.24, 2.45) is 29.6 Å². The summed E-state index contributed by atoms with van der Waals surface area (Å²) < 4.78 is 5.57. The number of anilines is 1. The average molecular weight is 271 g/mol. The lowest BCUT2D eigenvalue weighted by atomic mass is 10.0. The second-order valence-electron chi connectivity index (χ2n) is 6.43. The summed E-state index contributed by atoms with van der Waals surface area (Å²) in [5.74, 6) is 4.31. The summed E-state index contributed by atoms with van der Waals surface area (Å²) in [6.45, 7) is 2.58. The molecule has 1 N–H and O–H groups in total. The van der Waals surface area contributed by atoms with Gasteiger partial charge in [0.2, 0.25) is 5.91 Å². The lowest BCUT2D eigenvalue weighted by Gasteiger charge is -2.13. The lowest BCUT2D eigenvalue weighted by Crippen LogP contribution is -2.19. The molecule has 3 heteroatoms. The monoisotopic (exact) mass is 271 g/mol. The summed E-state index contributed by atoms with van der Waals surface area (Å²) >= 11 is 0. The summed E-state index contributed by atoms with van der Waals surface area (Å²) in [5, 5.41) is 3.09. The maximum Gasteiger partial charge on any atom is 0.228 e. The molecule has 0 radical (unpaired) electrons. The molecule has 2 bridgehead atoms. The van der Waals surface area contributed by atoms with Crippen LogP contribution in [0.15, 0.2) is 24.3 Å². The highest BCUT2D eigenvalue weighted by Crippen LogP contribution is 2.69. The van der Waals surface area contributed by atoms with Crippen LogP contribution in [0.3, 0.4) is 0 Å². The predicted octanol–water partition coefficient (Wildman–Crippen LogP) is 3.32. The quantitative estimate of drug-likeness (QED) is 0.912. The van der Waals surface area contributed by atoms with E-state index in [1.807, 2.05) is 31.2 Å². The van der Waals surface area contributed by atoms with E-state index in [9.17, 15) is 4.79 Å². The van der Waals surface area contributed by atoms with E-state index in [1.54, 1.807) is 0 Å². The van der Waals surface area contributed by atoms with E-state index < -0.39 is 0 Å². The standard InChI is InChI=1S/C17H21NO2/c1-2-20-13-6-4-3-5-12(13)18-17(19)16-14-10-7-8-11(9-10)15(14)16/h3-6,10-11,14-16H,2,7-9H2,1H3,(H,18,19)/t10-,11+,14+,15-,16?. The maximum atomic E-state index is 12.5.